The van der Waals surface area contributed by atoms with Gasteiger partial charge in [0.25, 0.3) is 0 Å². The van der Waals surface area contributed by atoms with Gasteiger partial charge in [0.1, 0.15) is 5.92 Å². The van der Waals surface area contributed by atoms with Crippen molar-refractivity contribution in [2.45, 2.75) is 53.9 Å². The summed E-state index contributed by atoms with van der Waals surface area (Å²) in [6.07, 6.45) is 9.00. The fourth-order valence-electron chi connectivity index (χ4n) is 7.02. The molecular weight excluding hydrogens is 681 g/mol. The van der Waals surface area contributed by atoms with Crippen molar-refractivity contribution in [3.8, 4) is 0 Å². The molecule has 9 nitrogen and oxygen atoms in total. The maximum atomic E-state index is 14.0. The number of carbonyl (C=O) groups is 3. The van der Waals surface area contributed by atoms with Crippen molar-refractivity contribution >= 4 is 47.6 Å². The number of nitrogens with zero attached hydrogens (tertiary/aromatic N) is 4. The van der Waals surface area contributed by atoms with Crippen LogP contribution in [0.5, 0.6) is 0 Å². The van der Waals surface area contributed by atoms with E-state index in [2.05, 4.69) is 20.4 Å². The van der Waals surface area contributed by atoms with Gasteiger partial charge in [-0.2, -0.15) is 11.4 Å². The minimum atomic E-state index is -1.20. The van der Waals surface area contributed by atoms with E-state index in [9.17, 15) is 14.4 Å². The van der Waals surface area contributed by atoms with Crippen LogP contribution in [0.4, 0.5) is 0 Å². The van der Waals surface area contributed by atoms with Crippen molar-refractivity contribution in [1.82, 2.24) is 15.0 Å². The van der Waals surface area contributed by atoms with Gasteiger partial charge >= 0.3 is 11.9 Å². The largest absolute Gasteiger partial charge is 0.664 e. The molecule has 10 heteroatoms. The SMILES string of the molecule is C=Cc1c2[n-]c(c1C)/C=C1\[N-]/C(=C3\c4[n-]c(c(C)c4C(=O)C3C(=O)OC)/C=c3\[n-]/c(c(C)c3CC)=C\2)C(CCC(=O)OC)C1C.[Cd]. The first-order chi connectivity index (χ1) is 21.5. The topological polar surface area (TPSA) is 126 Å². The van der Waals surface area contributed by atoms with E-state index in [1.807, 2.05) is 45.1 Å². The average molecular weight is 717 g/mol. The zero-order valence-corrected chi connectivity index (χ0v) is 31.4. The molecule has 3 unspecified atom stereocenters. The van der Waals surface area contributed by atoms with E-state index in [4.69, 9.17) is 29.7 Å². The minimum Gasteiger partial charge on any atom is -0.664 e. The molecule has 3 aromatic rings. The second kappa shape index (κ2) is 12.7. The van der Waals surface area contributed by atoms with Gasteiger partial charge in [0, 0.05) is 39.3 Å². The predicted molar refractivity (Wildman–Crippen MR) is 171 cm³/mol. The molecule has 236 valence electrons. The summed E-state index contributed by atoms with van der Waals surface area (Å²) in [5.74, 6) is -3.01. The van der Waals surface area contributed by atoms with Crippen LogP contribution in [0.15, 0.2) is 18.0 Å². The van der Waals surface area contributed by atoms with Crippen LogP contribution in [-0.2, 0) is 52.8 Å². The summed E-state index contributed by atoms with van der Waals surface area (Å²) in [5, 5.41) is 6.70. The van der Waals surface area contributed by atoms with Crippen LogP contribution >= 0.6 is 0 Å². The molecule has 0 spiro atoms. The maximum absolute atomic E-state index is 14.0. The normalized spacial score (nSPS) is 23.7. The number of ether oxygens (including phenoxy) is 2. The number of hydrogen-bond donors (Lipinski definition) is 0. The number of ketones is 1. The first kappa shape index (κ1) is 33.5. The Balaban J connectivity index is 0.00000417. The predicted octanol–water partition coefficient (Wildman–Crippen LogP) is 3.99. The Kier molecular flexibility index (Phi) is 9.27. The average Bonchev–Trinajstić information content (AvgIpc) is 3.76. The van der Waals surface area contributed by atoms with Crippen molar-refractivity contribution < 1.29 is 51.2 Å². The number of fused-ring (bicyclic) bond motifs is 7. The van der Waals surface area contributed by atoms with E-state index in [-0.39, 0.29) is 57.3 Å². The Hall–Kier alpha value is -3.87. The van der Waals surface area contributed by atoms with Gasteiger partial charge < -0.3 is 29.7 Å². The van der Waals surface area contributed by atoms with Crippen LogP contribution in [-0.4, -0.2) is 31.9 Å². The third-order valence-corrected chi connectivity index (χ3v) is 9.63. The standard InChI is InChI=1S/C36H37N4O5.Cd/c1-9-20-16(3)23-13-25-18(5)22(11-12-29(41)44-7)33(39-25)31-32(36(43)45-8)35(42)30-19(6)26(40-34(30)31)15-28-21(10-2)17(4)24(38-28)14-27(20)37-23;/h9,13-15,18,22,32H,1,10-12H2,2-8H3,(H-,39,40,42);/q-3;/p-1/b24-14-,25-13-,28-15-;. The summed E-state index contributed by atoms with van der Waals surface area (Å²) in [4.78, 5) is 54.6. The first-order valence-corrected chi connectivity index (χ1v) is 15.2. The molecule has 2 aliphatic heterocycles. The van der Waals surface area contributed by atoms with Crippen molar-refractivity contribution in [1.29, 1.82) is 0 Å². The van der Waals surface area contributed by atoms with Gasteiger partial charge in [-0.25, -0.2) is 0 Å². The second-order valence-electron chi connectivity index (χ2n) is 11.9. The molecule has 0 radical (unpaired) electrons. The molecule has 0 N–H and O–H groups in total. The smallest absolute Gasteiger partial charge is 0.321 e. The molecule has 0 saturated carbocycles. The maximum Gasteiger partial charge on any atom is 0.321 e. The minimum absolute atomic E-state index is 0. The number of rotatable bonds is 6. The van der Waals surface area contributed by atoms with Gasteiger partial charge in [-0.1, -0.05) is 72.6 Å². The number of methoxy groups -OCH3 is 2. The van der Waals surface area contributed by atoms with Crippen molar-refractivity contribution in [2.75, 3.05) is 14.2 Å². The van der Waals surface area contributed by atoms with Crippen LogP contribution in [0.2, 0.25) is 0 Å². The Morgan fingerprint density at radius 3 is 2.28 bits per heavy atom. The quantitative estimate of drug-likeness (QED) is 0.213. The number of allylic oxidation sites excluding steroid dienone is 2. The molecule has 8 bridgehead atoms. The Morgan fingerprint density at radius 1 is 0.935 bits per heavy atom. The molecular formula is C36H36CdN4O5-4. The Morgan fingerprint density at radius 2 is 1.63 bits per heavy atom. The molecule has 1 saturated heterocycles. The van der Waals surface area contributed by atoms with Gasteiger partial charge in [0.15, 0.2) is 5.78 Å². The summed E-state index contributed by atoms with van der Waals surface area (Å²) in [6.45, 7) is 14.1. The van der Waals surface area contributed by atoms with E-state index in [0.717, 1.165) is 56.5 Å². The molecule has 5 heterocycles. The summed E-state index contributed by atoms with van der Waals surface area (Å²) in [5.41, 5.74) is 9.40. The molecule has 6 rings (SSSR count). The van der Waals surface area contributed by atoms with E-state index in [1.54, 1.807) is 0 Å². The third-order valence-electron chi connectivity index (χ3n) is 9.63. The van der Waals surface area contributed by atoms with E-state index < -0.39 is 11.9 Å². The van der Waals surface area contributed by atoms with Crippen molar-refractivity contribution in [3.63, 3.8) is 0 Å². The fraction of sp³-hybridized carbons (Fsp3) is 0.361. The van der Waals surface area contributed by atoms with Crippen LogP contribution in [0.25, 0.3) is 35.2 Å². The zero-order chi connectivity index (χ0) is 32.3. The van der Waals surface area contributed by atoms with E-state index in [0.29, 0.717) is 40.2 Å². The summed E-state index contributed by atoms with van der Waals surface area (Å²) >= 11 is 0. The molecule has 1 aliphatic carbocycles. The van der Waals surface area contributed by atoms with Gasteiger partial charge in [-0.05, 0) is 51.0 Å². The summed E-state index contributed by atoms with van der Waals surface area (Å²) in [7, 11) is 2.63. The van der Waals surface area contributed by atoms with Crippen LogP contribution in [0, 0.1) is 38.5 Å². The van der Waals surface area contributed by atoms with Gasteiger partial charge in [0.05, 0.1) is 14.2 Å². The Bertz CT molecular complexity index is 1990. The Labute approximate surface area is 288 Å². The monoisotopic (exact) mass is 718 g/mol. The van der Waals surface area contributed by atoms with Gasteiger partial charge in [-0.3, -0.25) is 14.4 Å². The van der Waals surface area contributed by atoms with Crippen LogP contribution in [0.3, 0.4) is 0 Å². The molecule has 0 aromatic carbocycles. The number of Topliss-reactive ketones (excluding diaryl/α,β-unsaturated/α-hetero) is 1. The molecule has 0 amide bonds. The molecule has 3 atom stereocenters. The number of esters is 2. The van der Waals surface area contributed by atoms with Gasteiger partial charge in [0.2, 0.25) is 0 Å². The fourth-order valence-corrected chi connectivity index (χ4v) is 7.02. The van der Waals surface area contributed by atoms with Crippen molar-refractivity contribution in [2.24, 2.45) is 17.8 Å². The summed E-state index contributed by atoms with van der Waals surface area (Å²) < 4.78 is 10.1. The summed E-state index contributed by atoms with van der Waals surface area (Å²) in [6, 6.07) is 0. The van der Waals surface area contributed by atoms with E-state index >= 15 is 0 Å². The molecule has 46 heavy (non-hydrogen) atoms. The third kappa shape index (κ3) is 5.16. The first-order valence-electron chi connectivity index (χ1n) is 15.2. The van der Waals surface area contributed by atoms with Crippen LogP contribution in [0.1, 0.15) is 87.6 Å². The number of hydrogen-bond acceptors (Lipinski definition) is 5. The number of aromatic nitrogens is 3. The second-order valence-corrected chi connectivity index (χ2v) is 11.9. The van der Waals surface area contributed by atoms with Crippen molar-refractivity contribution in [3.05, 3.63) is 90.1 Å². The van der Waals surface area contributed by atoms with Gasteiger partial charge in [-0.15, -0.1) is 33.5 Å². The molecule has 3 aromatic heterocycles. The van der Waals surface area contributed by atoms with Crippen LogP contribution < -0.4 is 25.7 Å². The number of carbonyl (C=O) groups excluding carboxylic acids is 3. The molecule has 1 fully saturated rings. The van der Waals surface area contributed by atoms with E-state index in [1.165, 1.54) is 14.2 Å². The zero-order valence-electron chi connectivity index (χ0n) is 27.4. The molecule has 3 aliphatic rings.